The number of halogens is 1. The minimum Gasteiger partial charge on any atom is -0.481 e. The number of hydrogen-bond donors (Lipinski definition) is 1. The van der Waals surface area contributed by atoms with Crippen LogP contribution in [0, 0.1) is 5.92 Å². The number of carboxylic acids is 1. The van der Waals surface area contributed by atoms with Gasteiger partial charge in [-0.2, -0.15) is 0 Å². The Kier molecular flexibility index (Phi) is 2.95. The molecule has 1 fully saturated rings. The van der Waals surface area contributed by atoms with Crippen molar-refractivity contribution in [2.75, 3.05) is 13.1 Å². The molecule has 1 amide bonds. The van der Waals surface area contributed by atoms with Gasteiger partial charge in [-0.1, -0.05) is 29.8 Å². The highest BCUT2D eigenvalue weighted by Crippen LogP contribution is 2.36. The third kappa shape index (κ3) is 1.99. The van der Waals surface area contributed by atoms with Crippen LogP contribution >= 0.6 is 22.9 Å². The van der Waals surface area contributed by atoms with E-state index in [0.29, 0.717) is 9.90 Å². The van der Waals surface area contributed by atoms with E-state index in [2.05, 4.69) is 0 Å². The molecule has 2 heterocycles. The number of aliphatic carboxylic acids is 1. The van der Waals surface area contributed by atoms with E-state index in [9.17, 15) is 9.59 Å². The van der Waals surface area contributed by atoms with Crippen LogP contribution in [0.5, 0.6) is 0 Å². The number of carboxylic acid groups (broad SMARTS) is 1. The van der Waals surface area contributed by atoms with Crippen LogP contribution in [0.4, 0.5) is 0 Å². The summed E-state index contributed by atoms with van der Waals surface area (Å²) in [5.41, 5.74) is 0. The summed E-state index contributed by atoms with van der Waals surface area (Å²) in [7, 11) is 0. The Bertz CT molecular complexity index is 676. The Morgan fingerprint density at radius 2 is 2.00 bits per heavy atom. The second-order valence-corrected chi connectivity index (χ2v) is 5.92. The highest BCUT2D eigenvalue weighted by molar-refractivity contribution is 7.21. The number of hydrogen-bond acceptors (Lipinski definition) is 3. The number of likely N-dealkylation sites (tertiary alicyclic amines) is 1. The number of amides is 1. The predicted octanol–water partition coefficient (Wildman–Crippen LogP) is 2.71. The smallest absolute Gasteiger partial charge is 0.310 e. The second-order valence-electron chi connectivity index (χ2n) is 4.49. The summed E-state index contributed by atoms with van der Waals surface area (Å²) < 4.78 is 0.964. The molecule has 0 saturated carbocycles. The topological polar surface area (TPSA) is 57.6 Å². The molecule has 0 radical (unpaired) electrons. The van der Waals surface area contributed by atoms with Gasteiger partial charge >= 0.3 is 5.97 Å². The van der Waals surface area contributed by atoms with Crippen LogP contribution in [-0.2, 0) is 4.79 Å². The van der Waals surface area contributed by atoms with E-state index in [4.69, 9.17) is 16.7 Å². The molecule has 1 N–H and O–H groups in total. The monoisotopic (exact) mass is 295 g/mol. The number of carbonyl (C=O) groups is 2. The van der Waals surface area contributed by atoms with Crippen molar-refractivity contribution in [3.63, 3.8) is 0 Å². The van der Waals surface area contributed by atoms with Crippen molar-refractivity contribution in [2.45, 2.75) is 0 Å². The van der Waals surface area contributed by atoms with Gasteiger partial charge in [0.15, 0.2) is 0 Å². The maximum atomic E-state index is 12.2. The number of thiophene rings is 1. The SMILES string of the molecule is O=C(O)C1CN(C(=O)c2sc3ccccc3c2Cl)C1. The summed E-state index contributed by atoms with van der Waals surface area (Å²) >= 11 is 7.57. The maximum Gasteiger partial charge on any atom is 0.310 e. The first-order valence-electron chi connectivity index (χ1n) is 5.77. The van der Waals surface area contributed by atoms with Gasteiger partial charge < -0.3 is 10.0 Å². The van der Waals surface area contributed by atoms with Crippen molar-refractivity contribution in [2.24, 2.45) is 5.92 Å². The third-order valence-electron chi connectivity index (χ3n) is 3.25. The Balaban J connectivity index is 1.87. The Morgan fingerprint density at radius 3 is 2.63 bits per heavy atom. The Hall–Kier alpha value is -1.59. The van der Waals surface area contributed by atoms with Crippen LogP contribution in [0.1, 0.15) is 9.67 Å². The van der Waals surface area contributed by atoms with E-state index in [1.54, 1.807) is 0 Å². The molecule has 19 heavy (non-hydrogen) atoms. The van der Waals surface area contributed by atoms with E-state index in [-0.39, 0.29) is 19.0 Å². The zero-order valence-corrected chi connectivity index (χ0v) is 11.4. The van der Waals surface area contributed by atoms with Gasteiger partial charge in [0.2, 0.25) is 0 Å². The molecule has 1 aliphatic heterocycles. The molecule has 0 atom stereocenters. The predicted molar refractivity (Wildman–Crippen MR) is 73.9 cm³/mol. The van der Waals surface area contributed by atoms with Crippen molar-refractivity contribution in [1.29, 1.82) is 0 Å². The number of nitrogens with zero attached hydrogens (tertiary/aromatic N) is 1. The molecular formula is C13H10ClNO3S. The maximum absolute atomic E-state index is 12.2. The molecular weight excluding hydrogens is 286 g/mol. The lowest BCUT2D eigenvalue weighted by molar-refractivity contribution is -0.146. The van der Waals surface area contributed by atoms with Gasteiger partial charge in [-0.3, -0.25) is 9.59 Å². The van der Waals surface area contributed by atoms with Gasteiger partial charge in [0, 0.05) is 23.2 Å². The van der Waals surface area contributed by atoms with Gasteiger partial charge in [0.05, 0.1) is 10.9 Å². The molecule has 1 aromatic heterocycles. The minimum absolute atomic E-state index is 0.177. The zero-order valence-electron chi connectivity index (χ0n) is 9.80. The highest BCUT2D eigenvalue weighted by atomic mass is 35.5. The quantitative estimate of drug-likeness (QED) is 0.927. The Morgan fingerprint density at radius 1 is 1.32 bits per heavy atom. The molecule has 0 unspecified atom stereocenters. The second kappa shape index (κ2) is 4.51. The van der Waals surface area contributed by atoms with Crippen molar-refractivity contribution in [1.82, 2.24) is 4.90 Å². The summed E-state index contributed by atoms with van der Waals surface area (Å²) in [6.45, 7) is 0.525. The fourth-order valence-electron chi connectivity index (χ4n) is 2.10. The lowest BCUT2D eigenvalue weighted by Crippen LogP contribution is -2.52. The number of benzene rings is 1. The van der Waals surface area contributed by atoms with Crippen molar-refractivity contribution in [3.05, 3.63) is 34.2 Å². The first-order valence-corrected chi connectivity index (χ1v) is 6.96. The van der Waals surface area contributed by atoms with Crippen LogP contribution in [-0.4, -0.2) is 35.0 Å². The molecule has 2 aromatic rings. The standard InChI is InChI=1S/C13H10ClNO3S/c14-10-8-3-1-2-4-9(8)19-11(10)12(16)15-5-7(6-15)13(17)18/h1-4,7H,5-6H2,(H,17,18). The van der Waals surface area contributed by atoms with E-state index < -0.39 is 11.9 Å². The van der Waals surface area contributed by atoms with Gasteiger partial charge in [0.25, 0.3) is 5.91 Å². The molecule has 4 nitrogen and oxygen atoms in total. The number of fused-ring (bicyclic) bond motifs is 1. The van der Waals surface area contributed by atoms with Gasteiger partial charge in [-0.25, -0.2) is 0 Å². The molecule has 98 valence electrons. The number of carbonyl (C=O) groups excluding carboxylic acids is 1. The highest BCUT2D eigenvalue weighted by Gasteiger charge is 2.37. The molecule has 0 bridgehead atoms. The summed E-state index contributed by atoms with van der Waals surface area (Å²) in [5, 5.41) is 10.1. The van der Waals surface area contributed by atoms with Gasteiger partial charge in [-0.05, 0) is 6.07 Å². The van der Waals surface area contributed by atoms with Crippen LogP contribution in [0.15, 0.2) is 24.3 Å². The fourth-order valence-corrected chi connectivity index (χ4v) is 3.58. The van der Waals surface area contributed by atoms with E-state index >= 15 is 0 Å². The van der Waals surface area contributed by atoms with Crippen LogP contribution in [0.25, 0.3) is 10.1 Å². The summed E-state index contributed by atoms with van der Waals surface area (Å²) in [4.78, 5) is 25.0. The number of rotatable bonds is 2. The third-order valence-corrected chi connectivity index (χ3v) is 4.91. The first kappa shape index (κ1) is 12.4. The van der Waals surface area contributed by atoms with E-state index in [1.807, 2.05) is 24.3 Å². The van der Waals surface area contributed by atoms with Gasteiger partial charge in [-0.15, -0.1) is 11.3 Å². The first-order chi connectivity index (χ1) is 9.08. The van der Waals surface area contributed by atoms with Crippen LogP contribution < -0.4 is 0 Å². The average Bonchev–Trinajstić information content (AvgIpc) is 2.65. The van der Waals surface area contributed by atoms with Gasteiger partial charge in [0.1, 0.15) is 4.88 Å². The summed E-state index contributed by atoms with van der Waals surface area (Å²) in [6, 6.07) is 7.56. The van der Waals surface area contributed by atoms with Crippen LogP contribution in [0.3, 0.4) is 0 Å². The molecule has 0 aliphatic carbocycles. The molecule has 0 spiro atoms. The lowest BCUT2D eigenvalue weighted by atomic mass is 10.0. The summed E-state index contributed by atoms with van der Waals surface area (Å²) in [5.74, 6) is -1.48. The molecule has 1 aromatic carbocycles. The van der Waals surface area contributed by atoms with Crippen molar-refractivity contribution >= 4 is 44.9 Å². The zero-order chi connectivity index (χ0) is 13.6. The Labute approximate surface area is 118 Å². The average molecular weight is 296 g/mol. The normalized spacial score (nSPS) is 15.5. The van der Waals surface area contributed by atoms with E-state index in [1.165, 1.54) is 16.2 Å². The van der Waals surface area contributed by atoms with Crippen molar-refractivity contribution < 1.29 is 14.7 Å². The molecule has 1 aliphatic rings. The fraction of sp³-hybridized carbons (Fsp3) is 0.231. The molecule has 6 heteroatoms. The van der Waals surface area contributed by atoms with Crippen LogP contribution in [0.2, 0.25) is 5.02 Å². The van der Waals surface area contributed by atoms with E-state index in [0.717, 1.165) is 10.1 Å². The molecule has 1 saturated heterocycles. The van der Waals surface area contributed by atoms with Crippen molar-refractivity contribution in [3.8, 4) is 0 Å². The molecule has 3 rings (SSSR count). The summed E-state index contributed by atoms with van der Waals surface area (Å²) in [6.07, 6.45) is 0. The lowest BCUT2D eigenvalue weighted by Gasteiger charge is -2.36. The largest absolute Gasteiger partial charge is 0.481 e. The minimum atomic E-state index is -0.855.